The van der Waals surface area contributed by atoms with Gasteiger partial charge in [-0.05, 0) is 37.1 Å². The first kappa shape index (κ1) is 10.4. The Labute approximate surface area is 87.8 Å². The fourth-order valence-electron chi connectivity index (χ4n) is 3.00. The summed E-state index contributed by atoms with van der Waals surface area (Å²) in [5.41, 5.74) is 6.64. The molecule has 2 aliphatic rings. The highest BCUT2D eigenvalue weighted by atomic mass is 15.2. The van der Waals surface area contributed by atoms with Crippen LogP contribution in [0.25, 0.3) is 0 Å². The Hall–Kier alpha value is -0.0800. The summed E-state index contributed by atoms with van der Waals surface area (Å²) in [6, 6.07) is 0.485. The summed E-state index contributed by atoms with van der Waals surface area (Å²) in [7, 11) is 0. The van der Waals surface area contributed by atoms with Gasteiger partial charge in [0.1, 0.15) is 0 Å². The van der Waals surface area contributed by atoms with Crippen molar-refractivity contribution < 1.29 is 0 Å². The quantitative estimate of drug-likeness (QED) is 0.730. The second-order valence-electron chi connectivity index (χ2n) is 6.00. The van der Waals surface area contributed by atoms with E-state index in [0.29, 0.717) is 11.5 Å². The van der Waals surface area contributed by atoms with Crippen LogP contribution in [0.5, 0.6) is 0 Å². The summed E-state index contributed by atoms with van der Waals surface area (Å²) in [5, 5.41) is 0. The van der Waals surface area contributed by atoms with Crippen LogP contribution in [0.2, 0.25) is 0 Å². The van der Waals surface area contributed by atoms with Gasteiger partial charge < -0.3 is 10.6 Å². The SMILES string of the molecule is CC1(C)CCN(C[C@@H]2CCC[C@@H]2N)C1. The van der Waals surface area contributed by atoms with Gasteiger partial charge in [0.25, 0.3) is 0 Å². The molecule has 1 aliphatic heterocycles. The molecule has 82 valence electrons. The molecule has 1 saturated heterocycles. The van der Waals surface area contributed by atoms with E-state index in [1.807, 2.05) is 0 Å². The van der Waals surface area contributed by atoms with E-state index in [1.165, 1.54) is 45.3 Å². The summed E-state index contributed by atoms with van der Waals surface area (Å²) in [5.74, 6) is 0.781. The molecule has 1 saturated carbocycles. The Morgan fingerprint density at radius 2 is 2.14 bits per heavy atom. The Bertz CT molecular complexity index is 200. The van der Waals surface area contributed by atoms with Crippen molar-refractivity contribution in [3.63, 3.8) is 0 Å². The number of nitrogens with zero attached hydrogens (tertiary/aromatic N) is 1. The third kappa shape index (κ3) is 2.29. The Balaban J connectivity index is 1.81. The number of hydrogen-bond donors (Lipinski definition) is 1. The smallest absolute Gasteiger partial charge is 0.00793 e. The van der Waals surface area contributed by atoms with Crippen LogP contribution in [-0.2, 0) is 0 Å². The lowest BCUT2D eigenvalue weighted by Crippen LogP contribution is -2.35. The largest absolute Gasteiger partial charge is 0.327 e. The van der Waals surface area contributed by atoms with E-state index in [2.05, 4.69) is 18.7 Å². The zero-order chi connectivity index (χ0) is 10.2. The summed E-state index contributed by atoms with van der Waals surface area (Å²) in [4.78, 5) is 2.62. The molecule has 0 aromatic carbocycles. The Morgan fingerprint density at radius 1 is 1.36 bits per heavy atom. The monoisotopic (exact) mass is 196 g/mol. The van der Waals surface area contributed by atoms with Gasteiger partial charge in [-0.25, -0.2) is 0 Å². The molecule has 1 heterocycles. The van der Waals surface area contributed by atoms with Crippen LogP contribution in [-0.4, -0.2) is 30.6 Å². The lowest BCUT2D eigenvalue weighted by atomic mass is 9.93. The summed E-state index contributed by atoms with van der Waals surface area (Å²) in [6.45, 7) is 8.57. The maximum atomic E-state index is 6.10. The van der Waals surface area contributed by atoms with E-state index in [9.17, 15) is 0 Å². The lowest BCUT2D eigenvalue weighted by Gasteiger charge is -2.24. The van der Waals surface area contributed by atoms with Crippen molar-refractivity contribution in [2.75, 3.05) is 19.6 Å². The van der Waals surface area contributed by atoms with Gasteiger partial charge in [-0.3, -0.25) is 0 Å². The lowest BCUT2D eigenvalue weighted by molar-refractivity contribution is 0.241. The van der Waals surface area contributed by atoms with Gasteiger partial charge in [-0.2, -0.15) is 0 Å². The van der Waals surface area contributed by atoms with Crippen LogP contribution in [0.1, 0.15) is 39.5 Å². The molecule has 2 heteroatoms. The van der Waals surface area contributed by atoms with Crippen molar-refractivity contribution in [2.24, 2.45) is 17.1 Å². The van der Waals surface area contributed by atoms with Gasteiger partial charge in [-0.15, -0.1) is 0 Å². The number of likely N-dealkylation sites (tertiary alicyclic amines) is 1. The highest BCUT2D eigenvalue weighted by Crippen LogP contribution is 2.32. The molecule has 0 aromatic heterocycles. The zero-order valence-corrected chi connectivity index (χ0v) is 9.63. The van der Waals surface area contributed by atoms with E-state index >= 15 is 0 Å². The Morgan fingerprint density at radius 3 is 2.64 bits per heavy atom. The summed E-state index contributed by atoms with van der Waals surface area (Å²) >= 11 is 0. The molecule has 2 rings (SSSR count). The average molecular weight is 196 g/mol. The minimum atomic E-state index is 0.485. The fraction of sp³-hybridized carbons (Fsp3) is 1.00. The zero-order valence-electron chi connectivity index (χ0n) is 9.63. The van der Waals surface area contributed by atoms with E-state index in [-0.39, 0.29) is 0 Å². The van der Waals surface area contributed by atoms with Crippen molar-refractivity contribution in [1.29, 1.82) is 0 Å². The molecule has 0 aromatic rings. The van der Waals surface area contributed by atoms with E-state index < -0.39 is 0 Å². The third-order valence-electron chi connectivity index (χ3n) is 3.97. The minimum Gasteiger partial charge on any atom is -0.327 e. The predicted molar refractivity (Wildman–Crippen MR) is 60.2 cm³/mol. The van der Waals surface area contributed by atoms with Gasteiger partial charge in [0.15, 0.2) is 0 Å². The van der Waals surface area contributed by atoms with Gasteiger partial charge in [-0.1, -0.05) is 20.3 Å². The van der Waals surface area contributed by atoms with E-state index in [1.54, 1.807) is 0 Å². The number of rotatable bonds is 2. The van der Waals surface area contributed by atoms with Crippen molar-refractivity contribution in [1.82, 2.24) is 4.90 Å². The third-order valence-corrected chi connectivity index (χ3v) is 3.97. The minimum absolute atomic E-state index is 0.485. The highest BCUT2D eigenvalue weighted by Gasteiger charge is 2.32. The molecule has 0 bridgehead atoms. The highest BCUT2D eigenvalue weighted by molar-refractivity contribution is 4.87. The number of hydrogen-bond acceptors (Lipinski definition) is 2. The van der Waals surface area contributed by atoms with Gasteiger partial charge in [0.2, 0.25) is 0 Å². The molecule has 2 nitrogen and oxygen atoms in total. The molecule has 2 fully saturated rings. The molecular formula is C12H24N2. The summed E-state index contributed by atoms with van der Waals surface area (Å²) in [6.07, 6.45) is 5.32. The van der Waals surface area contributed by atoms with E-state index in [0.717, 1.165) is 5.92 Å². The first-order valence-electron chi connectivity index (χ1n) is 6.05. The molecule has 0 amide bonds. The fourth-order valence-corrected chi connectivity index (χ4v) is 3.00. The summed E-state index contributed by atoms with van der Waals surface area (Å²) < 4.78 is 0. The second-order valence-corrected chi connectivity index (χ2v) is 6.00. The Kier molecular flexibility index (Phi) is 2.85. The molecular weight excluding hydrogens is 172 g/mol. The van der Waals surface area contributed by atoms with Gasteiger partial charge in [0.05, 0.1) is 0 Å². The van der Waals surface area contributed by atoms with E-state index in [4.69, 9.17) is 5.73 Å². The van der Waals surface area contributed by atoms with Crippen LogP contribution in [0.4, 0.5) is 0 Å². The van der Waals surface area contributed by atoms with Crippen LogP contribution < -0.4 is 5.73 Å². The predicted octanol–water partition coefficient (Wildman–Crippen LogP) is 1.85. The van der Waals surface area contributed by atoms with Crippen LogP contribution >= 0.6 is 0 Å². The topological polar surface area (TPSA) is 29.3 Å². The first-order chi connectivity index (χ1) is 6.57. The molecule has 2 N–H and O–H groups in total. The maximum Gasteiger partial charge on any atom is 0.00793 e. The average Bonchev–Trinajstić information content (AvgIpc) is 2.61. The normalized spacial score (nSPS) is 37.9. The van der Waals surface area contributed by atoms with Crippen molar-refractivity contribution in [2.45, 2.75) is 45.6 Å². The van der Waals surface area contributed by atoms with Crippen molar-refractivity contribution >= 4 is 0 Å². The molecule has 0 radical (unpaired) electrons. The van der Waals surface area contributed by atoms with Crippen molar-refractivity contribution in [3.8, 4) is 0 Å². The maximum absolute atomic E-state index is 6.10. The number of nitrogens with two attached hydrogens (primary N) is 1. The second kappa shape index (κ2) is 3.82. The first-order valence-corrected chi connectivity index (χ1v) is 6.05. The standard InChI is InChI=1S/C12H24N2/c1-12(2)6-7-14(9-12)8-10-4-3-5-11(10)13/h10-11H,3-9,13H2,1-2H3/t10-,11-/m0/s1. The van der Waals surface area contributed by atoms with Crippen LogP contribution in [0.15, 0.2) is 0 Å². The molecule has 0 unspecified atom stereocenters. The van der Waals surface area contributed by atoms with Crippen molar-refractivity contribution in [3.05, 3.63) is 0 Å². The molecule has 2 atom stereocenters. The molecule has 14 heavy (non-hydrogen) atoms. The molecule has 0 spiro atoms. The van der Waals surface area contributed by atoms with Gasteiger partial charge >= 0.3 is 0 Å². The molecule has 1 aliphatic carbocycles. The van der Waals surface area contributed by atoms with Crippen LogP contribution in [0.3, 0.4) is 0 Å². The van der Waals surface area contributed by atoms with Crippen LogP contribution in [0, 0.1) is 11.3 Å². The van der Waals surface area contributed by atoms with Gasteiger partial charge in [0, 0.05) is 19.1 Å².